The fourth-order valence-corrected chi connectivity index (χ4v) is 2.09. The summed E-state index contributed by atoms with van der Waals surface area (Å²) in [6, 6.07) is 0.705. The van der Waals surface area contributed by atoms with Crippen LogP contribution in [0.3, 0.4) is 0 Å². The third-order valence-corrected chi connectivity index (χ3v) is 3.72. The van der Waals surface area contributed by atoms with E-state index in [0.717, 1.165) is 19.6 Å². The zero-order valence-corrected chi connectivity index (χ0v) is 11.7. The van der Waals surface area contributed by atoms with Crippen LogP contribution in [0.15, 0.2) is 0 Å². The van der Waals surface area contributed by atoms with Crippen LogP contribution in [0.2, 0.25) is 0 Å². The second kappa shape index (κ2) is 7.70. The fraction of sp³-hybridized carbons (Fsp3) is 0.929. The van der Waals surface area contributed by atoms with Crippen molar-refractivity contribution in [3.63, 3.8) is 0 Å². The van der Waals surface area contributed by atoms with Gasteiger partial charge in [0.15, 0.2) is 0 Å². The number of amides is 1. The van der Waals surface area contributed by atoms with E-state index in [9.17, 15) is 4.79 Å². The largest absolute Gasteiger partial charge is 0.343 e. The van der Waals surface area contributed by atoms with E-state index in [1.54, 1.807) is 0 Å². The molecule has 1 fully saturated rings. The molecule has 0 aliphatic heterocycles. The number of rotatable bonds is 9. The van der Waals surface area contributed by atoms with Crippen molar-refractivity contribution in [3.05, 3.63) is 0 Å². The quantitative estimate of drug-likeness (QED) is 0.671. The lowest BCUT2D eigenvalue weighted by Gasteiger charge is -2.25. The van der Waals surface area contributed by atoms with Crippen molar-refractivity contribution >= 4 is 5.91 Å². The zero-order valence-electron chi connectivity index (χ0n) is 11.7. The van der Waals surface area contributed by atoms with Crippen LogP contribution < -0.4 is 5.32 Å². The molecular formula is C14H28N2O. The molecule has 3 nitrogen and oxygen atoms in total. The summed E-state index contributed by atoms with van der Waals surface area (Å²) in [5.74, 6) is 0.975. The molecule has 0 atom stereocenters. The van der Waals surface area contributed by atoms with Gasteiger partial charge in [0, 0.05) is 32.1 Å². The van der Waals surface area contributed by atoms with Gasteiger partial charge in [-0.15, -0.1) is 0 Å². The Bertz CT molecular complexity index is 222. The maximum atomic E-state index is 12.0. The van der Waals surface area contributed by atoms with Crippen LogP contribution in [-0.2, 0) is 4.79 Å². The lowest BCUT2D eigenvalue weighted by atomic mass is 10.0. The van der Waals surface area contributed by atoms with Crippen LogP contribution in [0.4, 0.5) is 0 Å². The van der Waals surface area contributed by atoms with Crippen LogP contribution in [0, 0.1) is 5.92 Å². The van der Waals surface area contributed by atoms with Gasteiger partial charge in [-0.2, -0.15) is 0 Å². The van der Waals surface area contributed by atoms with E-state index >= 15 is 0 Å². The number of nitrogens with zero attached hydrogens (tertiary/aromatic N) is 1. The van der Waals surface area contributed by atoms with Gasteiger partial charge >= 0.3 is 0 Å². The first-order chi connectivity index (χ1) is 8.21. The first-order valence-corrected chi connectivity index (χ1v) is 7.22. The van der Waals surface area contributed by atoms with E-state index in [1.807, 2.05) is 4.90 Å². The van der Waals surface area contributed by atoms with Crippen LogP contribution >= 0.6 is 0 Å². The average Bonchev–Trinajstić information content (AvgIpc) is 3.14. The third-order valence-electron chi connectivity index (χ3n) is 3.72. The first-order valence-electron chi connectivity index (χ1n) is 7.22. The Morgan fingerprint density at radius 2 is 1.94 bits per heavy atom. The number of nitrogens with one attached hydrogen (secondary N) is 1. The van der Waals surface area contributed by atoms with Gasteiger partial charge in [0.25, 0.3) is 0 Å². The van der Waals surface area contributed by atoms with Gasteiger partial charge in [0.05, 0.1) is 0 Å². The van der Waals surface area contributed by atoms with E-state index in [2.05, 4.69) is 26.1 Å². The van der Waals surface area contributed by atoms with Gasteiger partial charge in [-0.25, -0.2) is 0 Å². The number of hydrogen-bond acceptors (Lipinski definition) is 2. The minimum atomic E-state index is 0.313. The van der Waals surface area contributed by atoms with Gasteiger partial charge in [-0.1, -0.05) is 26.7 Å². The molecule has 1 aliphatic carbocycles. The summed E-state index contributed by atoms with van der Waals surface area (Å²) < 4.78 is 0. The highest BCUT2D eigenvalue weighted by Crippen LogP contribution is 2.18. The molecule has 1 saturated carbocycles. The predicted molar refractivity (Wildman–Crippen MR) is 72.0 cm³/mol. The standard InChI is InChI=1S/C14H28N2O/c1-4-12(5-2)11-16(6-3)14(17)9-10-15-13-7-8-13/h12-13,15H,4-11H2,1-3H3. The maximum absolute atomic E-state index is 12.0. The second-order valence-corrected chi connectivity index (χ2v) is 5.09. The summed E-state index contributed by atoms with van der Waals surface area (Å²) >= 11 is 0. The summed E-state index contributed by atoms with van der Waals surface area (Å²) in [5.41, 5.74) is 0. The Labute approximate surface area is 106 Å². The zero-order chi connectivity index (χ0) is 12.7. The summed E-state index contributed by atoms with van der Waals surface area (Å²) in [6.07, 6.45) is 5.57. The Morgan fingerprint density at radius 1 is 1.29 bits per heavy atom. The Kier molecular flexibility index (Phi) is 6.56. The lowest BCUT2D eigenvalue weighted by Crippen LogP contribution is -2.36. The topological polar surface area (TPSA) is 32.3 Å². The van der Waals surface area contributed by atoms with E-state index < -0.39 is 0 Å². The maximum Gasteiger partial charge on any atom is 0.223 e. The highest BCUT2D eigenvalue weighted by molar-refractivity contribution is 5.76. The van der Waals surface area contributed by atoms with Crippen molar-refractivity contribution < 1.29 is 4.79 Å². The summed E-state index contributed by atoms with van der Waals surface area (Å²) in [4.78, 5) is 14.0. The minimum Gasteiger partial charge on any atom is -0.343 e. The highest BCUT2D eigenvalue weighted by Gasteiger charge is 2.21. The molecule has 1 aliphatic rings. The highest BCUT2D eigenvalue weighted by atomic mass is 16.2. The van der Waals surface area contributed by atoms with Gasteiger partial charge < -0.3 is 10.2 Å². The van der Waals surface area contributed by atoms with E-state index in [-0.39, 0.29) is 0 Å². The first kappa shape index (κ1) is 14.5. The summed E-state index contributed by atoms with van der Waals surface area (Å²) in [7, 11) is 0. The number of carbonyl (C=O) groups excluding carboxylic acids is 1. The normalized spacial score (nSPS) is 15.3. The average molecular weight is 240 g/mol. The number of hydrogen-bond donors (Lipinski definition) is 1. The molecular weight excluding hydrogens is 212 g/mol. The fourth-order valence-electron chi connectivity index (χ4n) is 2.09. The molecule has 0 aromatic heterocycles. The predicted octanol–water partition coefficient (Wildman–Crippen LogP) is 2.41. The number of carbonyl (C=O) groups is 1. The summed E-state index contributed by atoms with van der Waals surface area (Å²) in [5, 5.41) is 3.40. The molecule has 0 heterocycles. The molecule has 0 saturated heterocycles. The Hall–Kier alpha value is -0.570. The van der Waals surface area contributed by atoms with Gasteiger partial charge in [-0.3, -0.25) is 4.79 Å². The van der Waals surface area contributed by atoms with Crippen molar-refractivity contribution in [2.75, 3.05) is 19.6 Å². The molecule has 1 rings (SSSR count). The molecule has 0 radical (unpaired) electrons. The van der Waals surface area contributed by atoms with Gasteiger partial charge in [0.2, 0.25) is 5.91 Å². The Balaban J connectivity index is 2.23. The van der Waals surface area contributed by atoms with Gasteiger partial charge in [-0.05, 0) is 25.7 Å². The third kappa shape index (κ3) is 5.53. The van der Waals surface area contributed by atoms with Crippen LogP contribution in [0.5, 0.6) is 0 Å². The van der Waals surface area contributed by atoms with Crippen LogP contribution in [-0.4, -0.2) is 36.5 Å². The summed E-state index contributed by atoms with van der Waals surface area (Å²) in [6.45, 7) is 9.13. The van der Waals surface area contributed by atoms with Crippen LogP contribution in [0.1, 0.15) is 52.9 Å². The molecule has 0 spiro atoms. The van der Waals surface area contributed by atoms with E-state index in [0.29, 0.717) is 24.3 Å². The smallest absolute Gasteiger partial charge is 0.223 e. The van der Waals surface area contributed by atoms with Crippen molar-refractivity contribution in [1.82, 2.24) is 10.2 Å². The van der Waals surface area contributed by atoms with Crippen molar-refractivity contribution in [1.29, 1.82) is 0 Å². The molecule has 17 heavy (non-hydrogen) atoms. The van der Waals surface area contributed by atoms with E-state index in [1.165, 1.54) is 25.7 Å². The monoisotopic (exact) mass is 240 g/mol. The minimum absolute atomic E-state index is 0.313. The molecule has 1 N–H and O–H groups in total. The van der Waals surface area contributed by atoms with Crippen molar-refractivity contribution in [2.45, 2.75) is 58.9 Å². The molecule has 0 bridgehead atoms. The molecule has 0 unspecified atom stereocenters. The van der Waals surface area contributed by atoms with E-state index in [4.69, 9.17) is 0 Å². The van der Waals surface area contributed by atoms with Crippen molar-refractivity contribution in [2.24, 2.45) is 5.92 Å². The second-order valence-electron chi connectivity index (χ2n) is 5.09. The Morgan fingerprint density at radius 3 is 2.41 bits per heavy atom. The molecule has 1 amide bonds. The molecule has 0 aromatic carbocycles. The van der Waals surface area contributed by atoms with Crippen LogP contribution in [0.25, 0.3) is 0 Å². The molecule has 100 valence electrons. The van der Waals surface area contributed by atoms with Gasteiger partial charge in [0.1, 0.15) is 0 Å². The lowest BCUT2D eigenvalue weighted by molar-refractivity contribution is -0.131. The molecule has 3 heteroatoms. The molecule has 0 aromatic rings. The van der Waals surface area contributed by atoms with Crippen molar-refractivity contribution in [3.8, 4) is 0 Å². The SMILES string of the molecule is CCC(CC)CN(CC)C(=O)CCNC1CC1.